The van der Waals surface area contributed by atoms with Crippen molar-refractivity contribution in [1.82, 2.24) is 10.5 Å². The van der Waals surface area contributed by atoms with Gasteiger partial charge >= 0.3 is 0 Å². The molecule has 60 valence electrons. The maximum Gasteiger partial charge on any atom is 0.280 e. The third-order valence-corrected chi connectivity index (χ3v) is 1.95. The molecule has 11 heavy (non-hydrogen) atoms. The number of rotatable bonds is 1. The highest BCUT2D eigenvalue weighted by atomic mass is 16.5. The molecule has 1 aliphatic rings. The lowest BCUT2D eigenvalue weighted by Crippen LogP contribution is -2.12. The van der Waals surface area contributed by atoms with Crippen molar-refractivity contribution in [3.63, 3.8) is 0 Å². The lowest BCUT2D eigenvalue weighted by atomic mass is 10.2. The molecule has 0 bridgehead atoms. The highest BCUT2D eigenvalue weighted by molar-refractivity contribution is 5.02. The fraction of sp³-hybridized carbons (Fsp3) is 0.571. The van der Waals surface area contributed by atoms with Crippen molar-refractivity contribution in [2.45, 2.75) is 18.9 Å². The van der Waals surface area contributed by atoms with E-state index in [1.165, 1.54) is 6.07 Å². The predicted molar refractivity (Wildman–Crippen MR) is 39.3 cm³/mol. The first-order valence-corrected chi connectivity index (χ1v) is 3.78. The molecule has 0 saturated carbocycles. The molecule has 4 nitrogen and oxygen atoms in total. The van der Waals surface area contributed by atoms with Gasteiger partial charge in [0, 0.05) is 6.07 Å². The minimum Gasteiger partial charge on any atom is -0.382 e. The normalized spacial score (nSPS) is 24.2. The number of H-pyrrole nitrogens is 1. The van der Waals surface area contributed by atoms with Crippen molar-refractivity contribution in [3.05, 3.63) is 22.2 Å². The van der Waals surface area contributed by atoms with Crippen molar-refractivity contribution >= 4 is 0 Å². The number of aromatic nitrogens is 1. The van der Waals surface area contributed by atoms with Gasteiger partial charge in [-0.1, -0.05) is 0 Å². The van der Waals surface area contributed by atoms with Crippen LogP contribution >= 0.6 is 0 Å². The average Bonchev–Trinajstić information content (AvgIpc) is 2.55. The number of hydrogen-bond acceptors (Lipinski definition) is 3. The van der Waals surface area contributed by atoms with E-state index in [4.69, 9.17) is 4.52 Å². The van der Waals surface area contributed by atoms with Crippen molar-refractivity contribution in [2.24, 2.45) is 0 Å². The van der Waals surface area contributed by atoms with Gasteiger partial charge in [0.05, 0.1) is 6.04 Å². The Hall–Kier alpha value is -1.03. The molecule has 1 atom stereocenters. The van der Waals surface area contributed by atoms with E-state index in [-0.39, 0.29) is 11.6 Å². The van der Waals surface area contributed by atoms with E-state index in [1.54, 1.807) is 0 Å². The zero-order valence-corrected chi connectivity index (χ0v) is 6.09. The summed E-state index contributed by atoms with van der Waals surface area (Å²) in [6, 6.07) is 1.75. The van der Waals surface area contributed by atoms with Gasteiger partial charge in [0.15, 0.2) is 5.76 Å². The van der Waals surface area contributed by atoms with Gasteiger partial charge in [0.1, 0.15) is 0 Å². The number of aromatic amines is 1. The van der Waals surface area contributed by atoms with Gasteiger partial charge in [-0.25, -0.2) is 0 Å². The van der Waals surface area contributed by atoms with Crippen LogP contribution in [-0.4, -0.2) is 11.7 Å². The maximum atomic E-state index is 10.7. The van der Waals surface area contributed by atoms with Crippen LogP contribution in [0.2, 0.25) is 0 Å². The first-order valence-electron chi connectivity index (χ1n) is 3.78. The van der Waals surface area contributed by atoms with Gasteiger partial charge in [-0.15, -0.1) is 0 Å². The van der Waals surface area contributed by atoms with Gasteiger partial charge in [0.2, 0.25) is 0 Å². The van der Waals surface area contributed by atoms with Gasteiger partial charge in [-0.05, 0) is 19.4 Å². The summed E-state index contributed by atoms with van der Waals surface area (Å²) in [5.41, 5.74) is -0.159. The minimum absolute atomic E-state index is 0.159. The molecule has 1 aromatic rings. The van der Waals surface area contributed by atoms with Crippen LogP contribution in [0.15, 0.2) is 15.4 Å². The summed E-state index contributed by atoms with van der Waals surface area (Å²) in [6.45, 7) is 1.01. The Balaban J connectivity index is 2.21. The third kappa shape index (κ3) is 1.21. The van der Waals surface area contributed by atoms with Gasteiger partial charge in [-0.3, -0.25) is 4.79 Å². The Bertz CT molecular complexity index is 283. The first-order chi connectivity index (χ1) is 5.36. The highest BCUT2D eigenvalue weighted by Gasteiger charge is 2.19. The van der Waals surface area contributed by atoms with E-state index in [0.717, 1.165) is 25.1 Å². The molecule has 0 aromatic carbocycles. The van der Waals surface area contributed by atoms with Crippen molar-refractivity contribution < 1.29 is 4.52 Å². The molecule has 0 spiro atoms. The molecular weight excluding hydrogens is 144 g/mol. The second kappa shape index (κ2) is 2.54. The Morgan fingerprint density at radius 2 is 2.55 bits per heavy atom. The Morgan fingerprint density at radius 1 is 1.64 bits per heavy atom. The molecular formula is C7H10N2O2. The van der Waals surface area contributed by atoms with Crippen LogP contribution in [0.3, 0.4) is 0 Å². The van der Waals surface area contributed by atoms with Gasteiger partial charge in [-0.2, -0.15) is 5.16 Å². The van der Waals surface area contributed by atoms with Gasteiger partial charge in [0.25, 0.3) is 5.56 Å². The van der Waals surface area contributed by atoms with Crippen LogP contribution in [0.5, 0.6) is 0 Å². The molecule has 2 rings (SSSR count). The molecule has 4 heteroatoms. The second-order valence-electron chi connectivity index (χ2n) is 2.76. The lowest BCUT2D eigenvalue weighted by molar-refractivity contribution is 0.348. The summed E-state index contributed by atoms with van der Waals surface area (Å²) in [7, 11) is 0. The summed E-state index contributed by atoms with van der Waals surface area (Å²) in [5.74, 6) is 0.729. The average molecular weight is 154 g/mol. The van der Waals surface area contributed by atoms with Crippen molar-refractivity contribution in [3.8, 4) is 0 Å². The topological polar surface area (TPSA) is 58.0 Å². The quantitative estimate of drug-likeness (QED) is 0.615. The van der Waals surface area contributed by atoms with Crippen LogP contribution in [-0.2, 0) is 0 Å². The largest absolute Gasteiger partial charge is 0.382 e. The fourth-order valence-corrected chi connectivity index (χ4v) is 1.40. The maximum absolute atomic E-state index is 10.7. The van der Waals surface area contributed by atoms with Crippen molar-refractivity contribution in [1.29, 1.82) is 0 Å². The van der Waals surface area contributed by atoms with Crippen molar-refractivity contribution in [2.75, 3.05) is 6.54 Å². The standard InChI is InChI=1S/C7H10N2O2/c10-7-4-6(11-9-7)5-2-1-3-8-5/h4-5,8H,1-3H2,(H,9,10)/t5-/m0/s1. The van der Waals surface area contributed by atoms with Crippen LogP contribution in [0.4, 0.5) is 0 Å². The van der Waals surface area contributed by atoms with Crippen LogP contribution < -0.4 is 10.9 Å². The highest BCUT2D eigenvalue weighted by Crippen LogP contribution is 2.20. The molecule has 1 saturated heterocycles. The fourth-order valence-electron chi connectivity index (χ4n) is 1.40. The molecule has 1 aromatic heterocycles. The molecule has 1 fully saturated rings. The van der Waals surface area contributed by atoms with Gasteiger partial charge < -0.3 is 9.84 Å². The van der Waals surface area contributed by atoms with Crippen LogP contribution in [0.25, 0.3) is 0 Å². The summed E-state index contributed by atoms with van der Waals surface area (Å²) in [5, 5.41) is 5.51. The van der Waals surface area contributed by atoms with E-state index < -0.39 is 0 Å². The van der Waals surface area contributed by atoms with Crippen LogP contribution in [0, 0.1) is 0 Å². The number of hydrogen-bond donors (Lipinski definition) is 2. The molecule has 0 amide bonds. The molecule has 1 aliphatic heterocycles. The molecule has 0 radical (unpaired) electrons. The monoisotopic (exact) mass is 154 g/mol. The zero-order valence-electron chi connectivity index (χ0n) is 6.09. The predicted octanol–water partition coefficient (Wildman–Crippen LogP) is 0.392. The molecule has 2 heterocycles. The molecule has 0 unspecified atom stereocenters. The van der Waals surface area contributed by atoms with E-state index in [2.05, 4.69) is 10.5 Å². The summed E-state index contributed by atoms with van der Waals surface area (Å²) < 4.78 is 4.95. The summed E-state index contributed by atoms with van der Waals surface area (Å²) in [6.07, 6.45) is 2.21. The first kappa shape index (κ1) is 6.67. The summed E-state index contributed by atoms with van der Waals surface area (Å²) in [4.78, 5) is 10.7. The van der Waals surface area contributed by atoms with E-state index >= 15 is 0 Å². The second-order valence-corrected chi connectivity index (χ2v) is 2.76. The minimum atomic E-state index is -0.159. The zero-order chi connectivity index (χ0) is 7.68. The smallest absolute Gasteiger partial charge is 0.280 e. The van der Waals surface area contributed by atoms with E-state index in [1.807, 2.05) is 0 Å². The SMILES string of the molecule is O=c1cc([C@@H]2CCCN2)o[nH]1. The molecule has 0 aliphatic carbocycles. The summed E-state index contributed by atoms with van der Waals surface area (Å²) >= 11 is 0. The number of nitrogens with one attached hydrogen (secondary N) is 2. The van der Waals surface area contributed by atoms with E-state index in [9.17, 15) is 4.79 Å². The lowest BCUT2D eigenvalue weighted by Gasteiger charge is -2.02. The Kier molecular flexibility index (Phi) is 1.54. The van der Waals surface area contributed by atoms with E-state index in [0.29, 0.717) is 0 Å². The molecule has 2 N–H and O–H groups in total. The van der Waals surface area contributed by atoms with Crippen LogP contribution in [0.1, 0.15) is 24.6 Å². The Morgan fingerprint density at radius 3 is 3.09 bits per heavy atom. The third-order valence-electron chi connectivity index (χ3n) is 1.95. The Labute approximate surface area is 63.6 Å².